The van der Waals surface area contributed by atoms with Crippen LogP contribution in [0.2, 0.25) is 0 Å². The second kappa shape index (κ2) is 6.25. The van der Waals surface area contributed by atoms with Gasteiger partial charge in [0.2, 0.25) is 5.91 Å². The minimum absolute atomic E-state index is 0.110. The second-order valence-electron chi connectivity index (χ2n) is 5.33. The number of rotatable bonds is 2. The Kier molecular flexibility index (Phi) is 4.81. The first kappa shape index (κ1) is 16.1. The van der Waals surface area contributed by atoms with Gasteiger partial charge in [-0.2, -0.15) is 13.2 Å². The Labute approximate surface area is 129 Å². The molecule has 1 aliphatic carbocycles. The molecule has 2 atom stereocenters. The molecule has 1 aromatic carbocycles. The maximum atomic E-state index is 12.8. The fourth-order valence-electron chi connectivity index (χ4n) is 2.59. The summed E-state index contributed by atoms with van der Waals surface area (Å²) in [6.45, 7) is 0. The van der Waals surface area contributed by atoms with Crippen molar-refractivity contribution in [2.75, 3.05) is 11.1 Å². The number of halogens is 4. The van der Waals surface area contributed by atoms with Crippen LogP contribution < -0.4 is 11.1 Å². The first-order chi connectivity index (χ1) is 9.77. The fourth-order valence-corrected chi connectivity index (χ4v) is 3.09. The highest BCUT2D eigenvalue weighted by Gasteiger charge is 2.43. The van der Waals surface area contributed by atoms with E-state index in [2.05, 4.69) is 21.2 Å². The molecule has 1 aromatic rings. The maximum Gasteiger partial charge on any atom is 0.391 e. The molecule has 0 aliphatic heterocycles. The van der Waals surface area contributed by atoms with E-state index in [1.807, 2.05) is 0 Å². The Morgan fingerprint density at radius 2 is 2.05 bits per heavy atom. The lowest BCUT2D eigenvalue weighted by atomic mass is 9.80. The van der Waals surface area contributed by atoms with Gasteiger partial charge >= 0.3 is 6.18 Å². The quantitative estimate of drug-likeness (QED) is 0.767. The van der Waals surface area contributed by atoms with Crippen LogP contribution in [0.3, 0.4) is 0 Å². The Hall–Kier alpha value is -1.24. The van der Waals surface area contributed by atoms with Crippen molar-refractivity contribution in [2.45, 2.75) is 31.9 Å². The summed E-state index contributed by atoms with van der Waals surface area (Å²) < 4.78 is 38.9. The molecule has 0 bridgehead atoms. The van der Waals surface area contributed by atoms with E-state index >= 15 is 0 Å². The smallest absolute Gasteiger partial charge is 0.391 e. The summed E-state index contributed by atoms with van der Waals surface area (Å²) in [7, 11) is 0. The molecule has 1 saturated carbocycles. The van der Waals surface area contributed by atoms with Gasteiger partial charge in [-0.25, -0.2) is 0 Å². The number of alkyl halides is 3. The molecule has 21 heavy (non-hydrogen) atoms. The predicted octanol–water partition coefficient (Wildman–Crippen LogP) is 4.34. The van der Waals surface area contributed by atoms with Gasteiger partial charge in [0.25, 0.3) is 0 Å². The van der Waals surface area contributed by atoms with Crippen LogP contribution >= 0.6 is 15.9 Å². The van der Waals surface area contributed by atoms with Crippen molar-refractivity contribution < 1.29 is 18.0 Å². The standard InChI is InChI=1S/C14H16BrF3N2O/c15-11-7-10(19)4-5-12(11)20-13(21)8-2-1-3-9(6-8)14(16,17)18/h4-5,7-9H,1-3,6,19H2,(H,20,21). The Morgan fingerprint density at radius 3 is 2.67 bits per heavy atom. The van der Waals surface area contributed by atoms with Gasteiger partial charge in [-0.05, 0) is 53.4 Å². The van der Waals surface area contributed by atoms with Crippen LogP contribution in [0.5, 0.6) is 0 Å². The highest BCUT2D eigenvalue weighted by molar-refractivity contribution is 9.10. The number of carbonyl (C=O) groups excluding carboxylic acids is 1. The SMILES string of the molecule is Nc1ccc(NC(=O)C2CCCC(C(F)(F)F)C2)c(Br)c1. The number of hydrogen-bond donors (Lipinski definition) is 2. The third kappa shape index (κ3) is 4.12. The third-order valence-corrected chi connectivity index (χ3v) is 4.42. The fraction of sp³-hybridized carbons (Fsp3) is 0.500. The van der Waals surface area contributed by atoms with E-state index in [0.717, 1.165) is 0 Å². The molecule has 0 heterocycles. The summed E-state index contributed by atoms with van der Waals surface area (Å²) in [5.74, 6) is -2.35. The first-order valence-electron chi connectivity index (χ1n) is 6.70. The van der Waals surface area contributed by atoms with Gasteiger partial charge in [0.15, 0.2) is 0 Å². The van der Waals surface area contributed by atoms with Crippen molar-refractivity contribution in [1.29, 1.82) is 0 Å². The molecule has 3 nitrogen and oxygen atoms in total. The molecule has 7 heteroatoms. The monoisotopic (exact) mass is 364 g/mol. The van der Waals surface area contributed by atoms with E-state index < -0.39 is 18.0 Å². The van der Waals surface area contributed by atoms with E-state index in [-0.39, 0.29) is 18.7 Å². The molecule has 2 unspecified atom stereocenters. The van der Waals surface area contributed by atoms with Gasteiger partial charge in [-0.15, -0.1) is 0 Å². The van der Waals surface area contributed by atoms with E-state index in [1.54, 1.807) is 18.2 Å². The van der Waals surface area contributed by atoms with Crippen LogP contribution in [-0.4, -0.2) is 12.1 Å². The normalized spacial score (nSPS) is 22.9. The minimum Gasteiger partial charge on any atom is -0.399 e. The first-order valence-corrected chi connectivity index (χ1v) is 7.49. The highest BCUT2D eigenvalue weighted by atomic mass is 79.9. The zero-order valence-corrected chi connectivity index (χ0v) is 12.8. The summed E-state index contributed by atoms with van der Waals surface area (Å²) in [6.07, 6.45) is -3.34. The van der Waals surface area contributed by atoms with E-state index in [4.69, 9.17) is 5.73 Å². The number of hydrogen-bond acceptors (Lipinski definition) is 2. The lowest BCUT2D eigenvalue weighted by molar-refractivity contribution is -0.185. The summed E-state index contributed by atoms with van der Waals surface area (Å²) in [4.78, 5) is 12.1. The average molecular weight is 365 g/mol. The molecule has 1 aliphatic rings. The highest BCUT2D eigenvalue weighted by Crippen LogP contribution is 2.40. The molecule has 1 amide bonds. The van der Waals surface area contributed by atoms with Crippen molar-refractivity contribution >= 4 is 33.2 Å². The summed E-state index contributed by atoms with van der Waals surface area (Å²) >= 11 is 3.27. The number of carbonyl (C=O) groups is 1. The third-order valence-electron chi connectivity index (χ3n) is 3.76. The number of nitrogens with one attached hydrogen (secondary N) is 1. The van der Waals surface area contributed by atoms with Gasteiger partial charge < -0.3 is 11.1 Å². The molecule has 0 radical (unpaired) electrons. The van der Waals surface area contributed by atoms with Gasteiger partial charge in [0, 0.05) is 16.1 Å². The molecule has 116 valence electrons. The summed E-state index contributed by atoms with van der Waals surface area (Å²) in [5.41, 5.74) is 6.65. The van der Waals surface area contributed by atoms with Crippen molar-refractivity contribution in [3.05, 3.63) is 22.7 Å². The molecule has 2 rings (SSSR count). The number of benzene rings is 1. The molecule has 0 spiro atoms. The van der Waals surface area contributed by atoms with Crippen LogP contribution in [-0.2, 0) is 4.79 Å². The zero-order chi connectivity index (χ0) is 15.6. The number of amides is 1. The summed E-state index contributed by atoms with van der Waals surface area (Å²) in [6, 6.07) is 4.89. The Bertz CT molecular complexity index is 533. The average Bonchev–Trinajstić information content (AvgIpc) is 2.41. The summed E-state index contributed by atoms with van der Waals surface area (Å²) in [5, 5.41) is 2.67. The van der Waals surface area contributed by atoms with Crippen molar-refractivity contribution in [1.82, 2.24) is 0 Å². The zero-order valence-electron chi connectivity index (χ0n) is 11.2. The molecule has 0 aromatic heterocycles. The van der Waals surface area contributed by atoms with E-state index in [9.17, 15) is 18.0 Å². The topological polar surface area (TPSA) is 55.1 Å². The van der Waals surface area contributed by atoms with Crippen LogP contribution in [0.25, 0.3) is 0 Å². The van der Waals surface area contributed by atoms with Gasteiger partial charge in [-0.1, -0.05) is 6.42 Å². The molecular formula is C14H16BrF3N2O. The van der Waals surface area contributed by atoms with Crippen molar-refractivity contribution in [2.24, 2.45) is 11.8 Å². The van der Waals surface area contributed by atoms with Gasteiger partial charge in [0.1, 0.15) is 0 Å². The lowest BCUT2D eigenvalue weighted by Crippen LogP contribution is -2.34. The van der Waals surface area contributed by atoms with Crippen LogP contribution in [0.4, 0.5) is 24.5 Å². The largest absolute Gasteiger partial charge is 0.399 e. The molecule has 1 fully saturated rings. The maximum absolute atomic E-state index is 12.8. The number of nitrogen functional groups attached to an aromatic ring is 1. The Morgan fingerprint density at radius 1 is 1.33 bits per heavy atom. The predicted molar refractivity (Wildman–Crippen MR) is 78.7 cm³/mol. The number of nitrogens with two attached hydrogens (primary N) is 1. The van der Waals surface area contributed by atoms with Crippen LogP contribution in [0.1, 0.15) is 25.7 Å². The lowest BCUT2D eigenvalue weighted by Gasteiger charge is -2.29. The second-order valence-corrected chi connectivity index (χ2v) is 6.18. The van der Waals surface area contributed by atoms with Crippen LogP contribution in [0, 0.1) is 11.8 Å². The van der Waals surface area contributed by atoms with E-state index in [0.29, 0.717) is 28.7 Å². The molecule has 0 saturated heterocycles. The van der Waals surface area contributed by atoms with Crippen molar-refractivity contribution in [3.63, 3.8) is 0 Å². The van der Waals surface area contributed by atoms with Gasteiger partial charge in [-0.3, -0.25) is 4.79 Å². The minimum atomic E-state index is -4.22. The molecular weight excluding hydrogens is 349 g/mol. The Balaban J connectivity index is 2.03. The van der Waals surface area contributed by atoms with E-state index in [1.165, 1.54) is 0 Å². The van der Waals surface area contributed by atoms with Gasteiger partial charge in [0.05, 0.1) is 11.6 Å². The molecule has 3 N–H and O–H groups in total. The van der Waals surface area contributed by atoms with Crippen LogP contribution in [0.15, 0.2) is 22.7 Å². The van der Waals surface area contributed by atoms with Crippen molar-refractivity contribution in [3.8, 4) is 0 Å². The number of anilines is 2.